The Bertz CT molecular complexity index is 1220. The van der Waals surface area contributed by atoms with Crippen molar-refractivity contribution in [1.29, 1.82) is 0 Å². The number of ether oxygens (including phenoxy) is 1. The van der Waals surface area contributed by atoms with Crippen LogP contribution < -0.4 is 15.7 Å². The molecular formula is C21H15N3O3S. The molecule has 0 saturated heterocycles. The third kappa shape index (κ3) is 2.76. The molecule has 0 aliphatic carbocycles. The van der Waals surface area contributed by atoms with Gasteiger partial charge < -0.3 is 4.74 Å². The van der Waals surface area contributed by atoms with E-state index in [-0.39, 0.29) is 11.5 Å². The normalized spacial score (nSPS) is 15.2. The summed E-state index contributed by atoms with van der Waals surface area (Å²) in [5.41, 5.74) is 5.05. The van der Waals surface area contributed by atoms with Crippen LogP contribution >= 0.6 is 11.3 Å². The standard InChI is InChI=1S/C21H15N3O3S/c25-19(17-10-14-8-4-5-9-16(14)27-17)23-24-12-22-20-18(21(24)26)15(11-28-20)13-6-2-1-3-7-13/h1-9,11-12,17H,10H2,(H,23,25). The van der Waals surface area contributed by atoms with Crippen LogP contribution in [0.5, 0.6) is 5.75 Å². The second-order valence-corrected chi connectivity index (χ2v) is 7.37. The molecule has 4 aromatic rings. The summed E-state index contributed by atoms with van der Waals surface area (Å²) >= 11 is 1.41. The van der Waals surface area contributed by atoms with Gasteiger partial charge in [-0.05, 0) is 17.2 Å². The minimum Gasteiger partial charge on any atom is -0.480 e. The molecule has 2 aromatic heterocycles. The zero-order valence-electron chi connectivity index (χ0n) is 14.7. The van der Waals surface area contributed by atoms with E-state index >= 15 is 0 Å². The van der Waals surface area contributed by atoms with Gasteiger partial charge in [0.05, 0.1) is 5.39 Å². The maximum absolute atomic E-state index is 13.0. The van der Waals surface area contributed by atoms with Gasteiger partial charge in [0.1, 0.15) is 16.9 Å². The van der Waals surface area contributed by atoms with E-state index in [1.54, 1.807) is 0 Å². The Balaban J connectivity index is 1.46. The number of rotatable bonds is 3. The molecule has 6 nitrogen and oxygen atoms in total. The smallest absolute Gasteiger partial charge is 0.281 e. The van der Waals surface area contributed by atoms with E-state index in [1.807, 2.05) is 60.0 Å². The lowest BCUT2D eigenvalue weighted by Gasteiger charge is -2.12. The Morgan fingerprint density at radius 2 is 1.93 bits per heavy atom. The van der Waals surface area contributed by atoms with Gasteiger partial charge in [0.2, 0.25) is 0 Å². The van der Waals surface area contributed by atoms with Crippen molar-refractivity contribution in [2.45, 2.75) is 12.5 Å². The third-order valence-corrected chi connectivity index (χ3v) is 5.64. The predicted molar refractivity (Wildman–Crippen MR) is 108 cm³/mol. The monoisotopic (exact) mass is 389 g/mol. The van der Waals surface area contributed by atoms with Crippen LogP contribution in [-0.2, 0) is 11.2 Å². The van der Waals surface area contributed by atoms with E-state index in [9.17, 15) is 9.59 Å². The fourth-order valence-corrected chi connectivity index (χ4v) is 4.27. The molecule has 0 spiro atoms. The van der Waals surface area contributed by atoms with Crippen molar-refractivity contribution in [3.8, 4) is 16.9 Å². The second kappa shape index (κ2) is 6.61. The molecule has 0 radical (unpaired) electrons. The van der Waals surface area contributed by atoms with Crippen LogP contribution in [0, 0.1) is 0 Å². The number of nitrogens with one attached hydrogen (secondary N) is 1. The largest absolute Gasteiger partial charge is 0.480 e. The maximum atomic E-state index is 13.0. The molecule has 138 valence electrons. The average Bonchev–Trinajstić information content (AvgIpc) is 3.35. The quantitative estimate of drug-likeness (QED) is 0.584. The molecule has 1 atom stereocenters. The van der Waals surface area contributed by atoms with Crippen molar-refractivity contribution in [3.05, 3.63) is 82.2 Å². The number of thiophene rings is 1. The molecule has 0 fully saturated rings. The summed E-state index contributed by atoms with van der Waals surface area (Å²) < 4.78 is 6.84. The molecule has 1 aliphatic heterocycles. The van der Waals surface area contributed by atoms with Gasteiger partial charge in [-0.1, -0.05) is 48.5 Å². The summed E-state index contributed by atoms with van der Waals surface area (Å²) in [5, 5.41) is 2.41. The lowest BCUT2D eigenvalue weighted by Crippen LogP contribution is -2.40. The van der Waals surface area contributed by atoms with Gasteiger partial charge in [-0.2, -0.15) is 0 Å². The first-order valence-electron chi connectivity index (χ1n) is 8.80. The number of aromatic nitrogens is 2. The predicted octanol–water partition coefficient (Wildman–Crippen LogP) is 3.20. The molecule has 7 heteroatoms. The lowest BCUT2D eigenvalue weighted by atomic mass is 10.1. The first-order chi connectivity index (χ1) is 13.7. The van der Waals surface area contributed by atoms with Gasteiger partial charge in [-0.25, -0.2) is 9.66 Å². The molecule has 2 aromatic carbocycles. The summed E-state index contributed by atoms with van der Waals surface area (Å²) in [4.78, 5) is 30.6. The van der Waals surface area contributed by atoms with E-state index in [0.717, 1.165) is 21.4 Å². The fraction of sp³-hybridized carbons (Fsp3) is 0.0952. The number of hydrogen-bond donors (Lipinski definition) is 1. The summed E-state index contributed by atoms with van der Waals surface area (Å²) in [7, 11) is 0. The van der Waals surface area contributed by atoms with Gasteiger partial charge in [0.25, 0.3) is 11.5 Å². The number of carbonyl (C=O) groups excluding carboxylic acids is 1. The summed E-state index contributed by atoms with van der Waals surface area (Å²) in [6.07, 6.45) is 1.15. The van der Waals surface area contributed by atoms with Crippen molar-refractivity contribution in [3.63, 3.8) is 0 Å². The number of hydrogen-bond acceptors (Lipinski definition) is 5. The summed E-state index contributed by atoms with van der Waals surface area (Å²) in [5.74, 6) is 0.323. The number of benzene rings is 2. The van der Waals surface area contributed by atoms with Crippen LogP contribution in [-0.4, -0.2) is 21.7 Å². The minimum atomic E-state index is -0.670. The second-order valence-electron chi connectivity index (χ2n) is 6.51. The topological polar surface area (TPSA) is 73.2 Å². The maximum Gasteiger partial charge on any atom is 0.281 e. The number of fused-ring (bicyclic) bond motifs is 2. The van der Waals surface area contributed by atoms with Crippen molar-refractivity contribution in [2.75, 3.05) is 5.43 Å². The molecule has 1 unspecified atom stereocenters. The van der Waals surface area contributed by atoms with Crippen LogP contribution in [0.2, 0.25) is 0 Å². The van der Waals surface area contributed by atoms with Crippen molar-refractivity contribution < 1.29 is 9.53 Å². The highest BCUT2D eigenvalue weighted by atomic mass is 32.1. The van der Waals surface area contributed by atoms with E-state index in [2.05, 4.69) is 10.4 Å². The summed E-state index contributed by atoms with van der Waals surface area (Å²) in [6, 6.07) is 17.2. The first-order valence-corrected chi connectivity index (χ1v) is 9.68. The zero-order chi connectivity index (χ0) is 19.1. The Labute approximate surface area is 164 Å². The fourth-order valence-electron chi connectivity index (χ4n) is 3.36. The van der Waals surface area contributed by atoms with Gasteiger partial charge >= 0.3 is 0 Å². The van der Waals surface area contributed by atoms with Gasteiger partial charge in [0.15, 0.2) is 6.10 Å². The summed E-state index contributed by atoms with van der Waals surface area (Å²) in [6.45, 7) is 0. The van der Waals surface area contributed by atoms with Gasteiger partial charge in [-0.3, -0.25) is 15.0 Å². The van der Waals surface area contributed by atoms with Gasteiger partial charge in [0, 0.05) is 17.4 Å². The van der Waals surface area contributed by atoms with Crippen molar-refractivity contribution >= 4 is 27.5 Å². The highest BCUT2D eigenvalue weighted by Gasteiger charge is 2.29. The molecule has 5 rings (SSSR count). The number of carbonyl (C=O) groups is 1. The number of nitrogens with zero attached hydrogens (tertiary/aromatic N) is 2. The van der Waals surface area contributed by atoms with Crippen molar-refractivity contribution in [2.24, 2.45) is 0 Å². The Morgan fingerprint density at radius 3 is 2.75 bits per heavy atom. The SMILES string of the molecule is O=C(Nn1cnc2scc(-c3ccccc3)c2c1=O)C1Cc2ccccc2O1. The van der Waals surface area contributed by atoms with Crippen LogP contribution in [0.4, 0.5) is 0 Å². The highest BCUT2D eigenvalue weighted by molar-refractivity contribution is 7.17. The third-order valence-electron chi connectivity index (χ3n) is 4.75. The van der Waals surface area contributed by atoms with E-state index in [4.69, 9.17) is 4.74 Å². The minimum absolute atomic E-state index is 0.311. The van der Waals surface area contributed by atoms with E-state index in [1.165, 1.54) is 17.7 Å². The highest BCUT2D eigenvalue weighted by Crippen LogP contribution is 2.30. The zero-order valence-corrected chi connectivity index (χ0v) is 15.5. The molecule has 3 heterocycles. The van der Waals surface area contributed by atoms with Crippen LogP contribution in [0.3, 0.4) is 0 Å². The average molecular weight is 389 g/mol. The molecule has 0 saturated carbocycles. The van der Waals surface area contributed by atoms with Crippen LogP contribution in [0.15, 0.2) is 71.1 Å². The molecule has 1 amide bonds. The number of para-hydroxylation sites is 1. The number of amides is 1. The molecule has 1 N–H and O–H groups in total. The van der Waals surface area contributed by atoms with Crippen LogP contribution in [0.25, 0.3) is 21.3 Å². The molecular weight excluding hydrogens is 374 g/mol. The lowest BCUT2D eigenvalue weighted by molar-refractivity contribution is -0.123. The Hall–Kier alpha value is -3.45. The molecule has 0 bridgehead atoms. The van der Waals surface area contributed by atoms with Crippen molar-refractivity contribution in [1.82, 2.24) is 9.66 Å². The Morgan fingerprint density at radius 1 is 1.14 bits per heavy atom. The first kappa shape index (κ1) is 16.7. The van der Waals surface area contributed by atoms with Crippen LogP contribution in [0.1, 0.15) is 5.56 Å². The van der Waals surface area contributed by atoms with Gasteiger partial charge in [-0.15, -0.1) is 11.3 Å². The van der Waals surface area contributed by atoms with E-state index in [0.29, 0.717) is 22.4 Å². The van der Waals surface area contributed by atoms with E-state index < -0.39 is 6.10 Å². The Kier molecular flexibility index (Phi) is 3.95. The molecule has 1 aliphatic rings. The molecule has 28 heavy (non-hydrogen) atoms.